The molecule has 0 bridgehead atoms. The van der Waals surface area contributed by atoms with Gasteiger partial charge in [-0.05, 0) is 38.0 Å². The molecule has 0 aliphatic rings. The maximum atomic E-state index is 6.01. The summed E-state index contributed by atoms with van der Waals surface area (Å²) in [5, 5.41) is 0.918. The van der Waals surface area contributed by atoms with Crippen LogP contribution in [0, 0.1) is 20.8 Å². The van der Waals surface area contributed by atoms with Gasteiger partial charge in [0.2, 0.25) is 0 Å². The maximum Gasteiger partial charge on any atom is 0.0938 e. The molecule has 0 spiro atoms. The normalized spacial score (nSPS) is 10.6. The molecule has 1 aromatic carbocycles. The van der Waals surface area contributed by atoms with E-state index in [1.54, 1.807) is 11.3 Å². The van der Waals surface area contributed by atoms with E-state index in [0.29, 0.717) is 0 Å². The fraction of sp³-hybridized carbons (Fsp3) is 0.231. The van der Waals surface area contributed by atoms with Crippen LogP contribution in [-0.4, -0.2) is 0 Å². The Morgan fingerprint density at radius 1 is 1.00 bits per heavy atom. The summed E-state index contributed by atoms with van der Waals surface area (Å²) in [5.74, 6) is 0. The summed E-state index contributed by atoms with van der Waals surface area (Å²) in [5.41, 5.74) is 11.0. The zero-order valence-corrected chi connectivity index (χ0v) is 10.1. The van der Waals surface area contributed by atoms with Crippen molar-refractivity contribution in [3.8, 4) is 11.1 Å². The van der Waals surface area contributed by atoms with Gasteiger partial charge in [0, 0.05) is 10.4 Å². The Balaban J connectivity index is 2.62. The van der Waals surface area contributed by atoms with Gasteiger partial charge in [-0.25, -0.2) is 0 Å². The van der Waals surface area contributed by atoms with E-state index in [1.807, 2.05) is 0 Å². The lowest BCUT2D eigenvalue weighted by atomic mass is 10.00. The molecule has 0 unspecified atom stereocenters. The molecule has 1 nitrogen and oxygen atoms in total. The van der Waals surface area contributed by atoms with E-state index in [4.69, 9.17) is 5.73 Å². The molecule has 0 saturated heterocycles. The van der Waals surface area contributed by atoms with Crippen molar-refractivity contribution in [2.24, 2.45) is 0 Å². The lowest BCUT2D eigenvalue weighted by Crippen LogP contribution is -1.87. The summed E-state index contributed by atoms with van der Waals surface area (Å²) in [7, 11) is 0. The molecule has 2 N–H and O–H groups in total. The summed E-state index contributed by atoms with van der Waals surface area (Å²) in [6.07, 6.45) is 0. The summed E-state index contributed by atoms with van der Waals surface area (Å²) >= 11 is 1.66. The van der Waals surface area contributed by atoms with Crippen molar-refractivity contribution in [2.75, 3.05) is 5.73 Å². The first kappa shape index (κ1) is 10.2. The van der Waals surface area contributed by atoms with Crippen LogP contribution in [0.15, 0.2) is 24.3 Å². The highest BCUT2D eigenvalue weighted by molar-refractivity contribution is 7.16. The lowest BCUT2D eigenvalue weighted by molar-refractivity contribution is 1.40. The molecule has 0 amide bonds. The second-order valence-electron chi connectivity index (χ2n) is 3.95. The van der Waals surface area contributed by atoms with Crippen LogP contribution in [0.4, 0.5) is 5.00 Å². The van der Waals surface area contributed by atoms with Crippen molar-refractivity contribution in [1.29, 1.82) is 0 Å². The van der Waals surface area contributed by atoms with E-state index in [1.165, 1.54) is 27.1 Å². The maximum absolute atomic E-state index is 6.01. The third-order valence-electron chi connectivity index (χ3n) is 2.57. The van der Waals surface area contributed by atoms with Crippen LogP contribution in [0.1, 0.15) is 16.0 Å². The SMILES string of the molecule is Cc1ccc(C)c(-c2cc(C)sc2N)c1. The van der Waals surface area contributed by atoms with Gasteiger partial charge < -0.3 is 5.73 Å². The van der Waals surface area contributed by atoms with E-state index in [2.05, 4.69) is 45.0 Å². The molecule has 1 heterocycles. The van der Waals surface area contributed by atoms with Crippen LogP contribution in [0.5, 0.6) is 0 Å². The Morgan fingerprint density at radius 3 is 2.33 bits per heavy atom. The Hall–Kier alpha value is -1.28. The highest BCUT2D eigenvalue weighted by Gasteiger charge is 2.08. The smallest absolute Gasteiger partial charge is 0.0938 e. The van der Waals surface area contributed by atoms with Crippen molar-refractivity contribution in [2.45, 2.75) is 20.8 Å². The molecule has 0 saturated carbocycles. The van der Waals surface area contributed by atoms with Crippen molar-refractivity contribution >= 4 is 16.3 Å². The Morgan fingerprint density at radius 2 is 1.73 bits per heavy atom. The first-order chi connectivity index (χ1) is 7.08. The third-order valence-corrected chi connectivity index (χ3v) is 3.45. The van der Waals surface area contributed by atoms with Gasteiger partial charge in [0.25, 0.3) is 0 Å². The molecule has 0 aliphatic carbocycles. The van der Waals surface area contributed by atoms with Crippen molar-refractivity contribution in [3.63, 3.8) is 0 Å². The van der Waals surface area contributed by atoms with Gasteiger partial charge in [0.05, 0.1) is 5.00 Å². The molecule has 2 heteroatoms. The number of benzene rings is 1. The summed E-state index contributed by atoms with van der Waals surface area (Å²) in [6.45, 7) is 6.33. The second kappa shape index (κ2) is 3.70. The second-order valence-corrected chi connectivity index (χ2v) is 5.24. The highest BCUT2D eigenvalue weighted by atomic mass is 32.1. The number of hydrogen-bond donors (Lipinski definition) is 1. The van der Waals surface area contributed by atoms with Gasteiger partial charge in [-0.1, -0.05) is 23.8 Å². The Bertz CT molecular complexity index is 497. The molecule has 0 atom stereocenters. The standard InChI is InChI=1S/C13H15NS/c1-8-4-5-9(2)11(6-8)12-7-10(3)15-13(12)14/h4-7H,14H2,1-3H3. The van der Waals surface area contributed by atoms with Crippen molar-refractivity contribution in [1.82, 2.24) is 0 Å². The average molecular weight is 217 g/mol. The minimum atomic E-state index is 0.918. The quantitative estimate of drug-likeness (QED) is 0.769. The predicted octanol–water partition coefficient (Wildman–Crippen LogP) is 3.92. The van der Waals surface area contributed by atoms with Crippen LogP contribution >= 0.6 is 11.3 Å². The van der Waals surface area contributed by atoms with Crippen LogP contribution in [0.25, 0.3) is 11.1 Å². The van der Waals surface area contributed by atoms with E-state index >= 15 is 0 Å². The zero-order valence-electron chi connectivity index (χ0n) is 9.29. The number of hydrogen-bond acceptors (Lipinski definition) is 2. The molecule has 0 aliphatic heterocycles. The molecule has 78 valence electrons. The fourth-order valence-electron chi connectivity index (χ4n) is 1.77. The van der Waals surface area contributed by atoms with Crippen LogP contribution in [-0.2, 0) is 0 Å². The molecule has 1 aromatic heterocycles. The van der Waals surface area contributed by atoms with Crippen molar-refractivity contribution in [3.05, 3.63) is 40.3 Å². The van der Waals surface area contributed by atoms with Crippen LogP contribution < -0.4 is 5.73 Å². The number of nitrogens with two attached hydrogens (primary N) is 1. The van der Waals surface area contributed by atoms with Crippen LogP contribution in [0.2, 0.25) is 0 Å². The third kappa shape index (κ3) is 1.90. The number of anilines is 1. The predicted molar refractivity (Wildman–Crippen MR) is 68.4 cm³/mol. The average Bonchev–Trinajstić information content (AvgIpc) is 2.50. The zero-order chi connectivity index (χ0) is 11.0. The van der Waals surface area contributed by atoms with Gasteiger partial charge in [0.1, 0.15) is 0 Å². The lowest BCUT2D eigenvalue weighted by Gasteiger charge is -2.06. The van der Waals surface area contributed by atoms with Gasteiger partial charge in [-0.15, -0.1) is 11.3 Å². The minimum Gasteiger partial charge on any atom is -0.390 e. The monoisotopic (exact) mass is 217 g/mol. The number of aryl methyl sites for hydroxylation is 3. The molecule has 2 rings (SSSR count). The Kier molecular flexibility index (Phi) is 2.53. The van der Waals surface area contributed by atoms with Gasteiger partial charge in [-0.2, -0.15) is 0 Å². The fourth-order valence-corrected chi connectivity index (χ4v) is 2.57. The van der Waals surface area contributed by atoms with E-state index < -0.39 is 0 Å². The first-order valence-electron chi connectivity index (χ1n) is 5.01. The van der Waals surface area contributed by atoms with Gasteiger partial charge >= 0.3 is 0 Å². The topological polar surface area (TPSA) is 26.0 Å². The molecular weight excluding hydrogens is 202 g/mol. The number of thiophene rings is 1. The minimum absolute atomic E-state index is 0.918. The number of rotatable bonds is 1. The largest absolute Gasteiger partial charge is 0.390 e. The van der Waals surface area contributed by atoms with E-state index in [9.17, 15) is 0 Å². The molecule has 0 radical (unpaired) electrons. The van der Waals surface area contributed by atoms with Crippen molar-refractivity contribution < 1.29 is 0 Å². The van der Waals surface area contributed by atoms with Gasteiger partial charge in [0.15, 0.2) is 0 Å². The highest BCUT2D eigenvalue weighted by Crippen LogP contribution is 2.35. The molecule has 2 aromatic rings. The summed E-state index contributed by atoms with van der Waals surface area (Å²) in [6, 6.07) is 8.65. The molecular formula is C13H15NS. The summed E-state index contributed by atoms with van der Waals surface area (Å²) < 4.78 is 0. The van der Waals surface area contributed by atoms with Crippen LogP contribution in [0.3, 0.4) is 0 Å². The molecule has 0 fully saturated rings. The van der Waals surface area contributed by atoms with E-state index in [0.717, 1.165) is 5.00 Å². The van der Waals surface area contributed by atoms with Gasteiger partial charge in [-0.3, -0.25) is 0 Å². The first-order valence-corrected chi connectivity index (χ1v) is 5.83. The van der Waals surface area contributed by atoms with E-state index in [-0.39, 0.29) is 0 Å². The molecule has 15 heavy (non-hydrogen) atoms. The summed E-state index contributed by atoms with van der Waals surface area (Å²) in [4.78, 5) is 1.27. The number of nitrogen functional groups attached to an aromatic ring is 1. The Labute approximate surface area is 94.6 Å².